The van der Waals surface area contributed by atoms with Crippen molar-refractivity contribution in [3.8, 4) is 0 Å². The number of rotatable bonds is 6. The van der Waals surface area contributed by atoms with E-state index in [9.17, 15) is 0 Å². The molecule has 0 radical (unpaired) electrons. The molecule has 0 aliphatic heterocycles. The third-order valence-corrected chi connectivity index (χ3v) is 2.51. The predicted molar refractivity (Wildman–Crippen MR) is 65.3 cm³/mol. The number of hydrogen-bond acceptors (Lipinski definition) is 4. The highest BCUT2D eigenvalue weighted by Gasteiger charge is 1.94. The van der Waals surface area contributed by atoms with Crippen LogP contribution in [0.25, 0.3) is 0 Å². The van der Waals surface area contributed by atoms with Crippen molar-refractivity contribution in [2.45, 2.75) is 26.4 Å². The Bertz CT molecular complexity index is 421. The van der Waals surface area contributed by atoms with Gasteiger partial charge in [-0.2, -0.15) is 0 Å². The van der Waals surface area contributed by atoms with Gasteiger partial charge < -0.3 is 5.32 Å². The van der Waals surface area contributed by atoms with Crippen LogP contribution in [0.2, 0.25) is 0 Å². The Hall–Kier alpha value is -1.75. The molecule has 2 rings (SSSR count). The summed E-state index contributed by atoms with van der Waals surface area (Å²) < 4.78 is 1.84. The number of nitrogens with zero attached hydrogens (tertiary/aromatic N) is 4. The fraction of sp³-hybridized carbons (Fsp3) is 0.417. The lowest BCUT2D eigenvalue weighted by Gasteiger charge is -2.04. The standard InChI is InChI=1S/C12H17N5/c1-11-3-4-12(10-14-11)9-13-5-2-7-17-8-6-15-16-17/h3-4,6,8,10,13H,2,5,7,9H2,1H3. The van der Waals surface area contributed by atoms with E-state index >= 15 is 0 Å². The molecule has 5 heteroatoms. The molecule has 0 saturated carbocycles. The second-order valence-corrected chi connectivity index (χ2v) is 4.00. The summed E-state index contributed by atoms with van der Waals surface area (Å²) in [6, 6.07) is 4.14. The minimum atomic E-state index is 0.866. The average molecular weight is 231 g/mol. The zero-order valence-electron chi connectivity index (χ0n) is 10.0. The van der Waals surface area contributed by atoms with Crippen molar-refractivity contribution in [3.05, 3.63) is 42.0 Å². The molecule has 0 aromatic carbocycles. The molecule has 0 spiro atoms. The van der Waals surface area contributed by atoms with Crippen LogP contribution in [0.15, 0.2) is 30.7 Å². The number of aryl methyl sites for hydroxylation is 2. The van der Waals surface area contributed by atoms with Gasteiger partial charge in [0.05, 0.1) is 6.20 Å². The van der Waals surface area contributed by atoms with E-state index in [1.807, 2.05) is 30.1 Å². The van der Waals surface area contributed by atoms with Crippen molar-refractivity contribution in [1.29, 1.82) is 0 Å². The number of hydrogen-bond donors (Lipinski definition) is 1. The van der Waals surface area contributed by atoms with E-state index in [1.165, 1.54) is 5.56 Å². The average Bonchev–Trinajstić information content (AvgIpc) is 2.84. The number of pyridine rings is 1. The Morgan fingerprint density at radius 3 is 3.00 bits per heavy atom. The Morgan fingerprint density at radius 1 is 1.35 bits per heavy atom. The van der Waals surface area contributed by atoms with E-state index in [4.69, 9.17) is 0 Å². The molecule has 0 saturated heterocycles. The molecular formula is C12H17N5. The lowest BCUT2D eigenvalue weighted by molar-refractivity contribution is 0.530. The molecule has 0 aliphatic rings. The van der Waals surface area contributed by atoms with Crippen LogP contribution in [0, 0.1) is 6.92 Å². The van der Waals surface area contributed by atoms with Gasteiger partial charge in [-0.25, -0.2) is 0 Å². The fourth-order valence-electron chi connectivity index (χ4n) is 1.55. The minimum Gasteiger partial charge on any atom is -0.313 e. The highest BCUT2D eigenvalue weighted by Crippen LogP contribution is 1.98. The van der Waals surface area contributed by atoms with E-state index in [-0.39, 0.29) is 0 Å². The van der Waals surface area contributed by atoms with Crippen molar-refractivity contribution >= 4 is 0 Å². The Kier molecular flexibility index (Phi) is 4.21. The van der Waals surface area contributed by atoms with Crippen LogP contribution in [0.3, 0.4) is 0 Å². The van der Waals surface area contributed by atoms with Crippen molar-refractivity contribution in [3.63, 3.8) is 0 Å². The fourth-order valence-corrected chi connectivity index (χ4v) is 1.55. The quantitative estimate of drug-likeness (QED) is 0.758. The predicted octanol–water partition coefficient (Wildman–Crippen LogP) is 1.16. The summed E-state index contributed by atoms with van der Waals surface area (Å²) in [7, 11) is 0. The highest BCUT2D eigenvalue weighted by atomic mass is 15.4. The molecule has 90 valence electrons. The first-order chi connectivity index (χ1) is 8.34. The van der Waals surface area contributed by atoms with Gasteiger partial charge in [0.25, 0.3) is 0 Å². The normalized spacial score (nSPS) is 10.6. The van der Waals surface area contributed by atoms with Gasteiger partial charge >= 0.3 is 0 Å². The molecule has 0 bridgehead atoms. The largest absolute Gasteiger partial charge is 0.313 e. The smallest absolute Gasteiger partial charge is 0.0692 e. The summed E-state index contributed by atoms with van der Waals surface area (Å²) in [5, 5.41) is 11.1. The maximum absolute atomic E-state index is 4.26. The number of aromatic nitrogens is 4. The molecule has 1 N–H and O–H groups in total. The SMILES string of the molecule is Cc1ccc(CNCCCn2ccnn2)cn1. The first-order valence-corrected chi connectivity index (χ1v) is 5.81. The van der Waals surface area contributed by atoms with E-state index in [1.54, 1.807) is 6.20 Å². The molecular weight excluding hydrogens is 214 g/mol. The minimum absolute atomic E-state index is 0.866. The van der Waals surface area contributed by atoms with Gasteiger partial charge in [-0.1, -0.05) is 11.3 Å². The van der Waals surface area contributed by atoms with Crippen molar-refractivity contribution in [2.75, 3.05) is 6.54 Å². The first-order valence-electron chi connectivity index (χ1n) is 5.81. The van der Waals surface area contributed by atoms with E-state index in [2.05, 4.69) is 26.7 Å². The summed E-state index contributed by atoms with van der Waals surface area (Å²) in [5.41, 5.74) is 2.27. The zero-order valence-corrected chi connectivity index (χ0v) is 10.0. The summed E-state index contributed by atoms with van der Waals surface area (Å²) >= 11 is 0. The molecule has 0 amide bonds. The molecule has 0 unspecified atom stereocenters. The zero-order chi connectivity index (χ0) is 11.9. The monoisotopic (exact) mass is 231 g/mol. The van der Waals surface area contributed by atoms with E-state index in [0.717, 1.165) is 31.7 Å². The van der Waals surface area contributed by atoms with Crippen LogP contribution in [0.4, 0.5) is 0 Å². The molecule has 5 nitrogen and oxygen atoms in total. The van der Waals surface area contributed by atoms with Crippen molar-refractivity contribution < 1.29 is 0 Å². The van der Waals surface area contributed by atoms with Crippen LogP contribution >= 0.6 is 0 Å². The third kappa shape index (κ3) is 3.96. The second-order valence-electron chi connectivity index (χ2n) is 4.00. The topological polar surface area (TPSA) is 55.6 Å². The maximum Gasteiger partial charge on any atom is 0.0692 e. The molecule has 2 heterocycles. The summed E-state index contributed by atoms with van der Waals surface area (Å²) in [4.78, 5) is 4.26. The summed E-state index contributed by atoms with van der Waals surface area (Å²) in [6.45, 7) is 4.73. The van der Waals surface area contributed by atoms with Crippen LogP contribution in [0.5, 0.6) is 0 Å². The molecule has 2 aromatic heterocycles. The van der Waals surface area contributed by atoms with Crippen LogP contribution in [-0.2, 0) is 13.1 Å². The van der Waals surface area contributed by atoms with Gasteiger partial charge in [0.15, 0.2) is 0 Å². The Morgan fingerprint density at radius 2 is 2.29 bits per heavy atom. The van der Waals surface area contributed by atoms with Gasteiger partial charge in [-0.15, -0.1) is 5.10 Å². The second kappa shape index (κ2) is 6.10. The third-order valence-electron chi connectivity index (χ3n) is 2.51. The van der Waals surface area contributed by atoms with Crippen LogP contribution in [0.1, 0.15) is 17.7 Å². The van der Waals surface area contributed by atoms with Gasteiger partial charge in [0.2, 0.25) is 0 Å². The van der Waals surface area contributed by atoms with Crippen LogP contribution in [-0.4, -0.2) is 26.5 Å². The lowest BCUT2D eigenvalue weighted by atomic mass is 10.2. The molecule has 17 heavy (non-hydrogen) atoms. The number of nitrogens with one attached hydrogen (secondary N) is 1. The molecule has 0 atom stereocenters. The van der Waals surface area contributed by atoms with Gasteiger partial charge in [0, 0.05) is 31.2 Å². The van der Waals surface area contributed by atoms with Gasteiger partial charge in [-0.3, -0.25) is 9.67 Å². The first kappa shape index (κ1) is 11.7. The van der Waals surface area contributed by atoms with Gasteiger partial charge in [-0.05, 0) is 31.5 Å². The Labute approximate surface area is 101 Å². The van der Waals surface area contributed by atoms with Gasteiger partial charge in [0.1, 0.15) is 0 Å². The van der Waals surface area contributed by atoms with Crippen LogP contribution < -0.4 is 5.32 Å². The molecule has 0 fully saturated rings. The molecule has 0 aliphatic carbocycles. The lowest BCUT2D eigenvalue weighted by Crippen LogP contribution is -2.16. The van der Waals surface area contributed by atoms with E-state index < -0.39 is 0 Å². The highest BCUT2D eigenvalue weighted by molar-refractivity contribution is 5.12. The van der Waals surface area contributed by atoms with E-state index in [0.29, 0.717) is 0 Å². The van der Waals surface area contributed by atoms with Crippen molar-refractivity contribution in [2.24, 2.45) is 0 Å². The Balaban J connectivity index is 1.61. The van der Waals surface area contributed by atoms with Crippen molar-refractivity contribution in [1.82, 2.24) is 25.3 Å². The summed E-state index contributed by atoms with van der Waals surface area (Å²) in [5.74, 6) is 0. The molecule has 2 aromatic rings. The maximum atomic E-state index is 4.26. The summed E-state index contributed by atoms with van der Waals surface area (Å²) in [6.07, 6.45) is 6.54.